The SMILES string of the molecule is CN[C@H]1CCC(=O)N2CCCC(C(=O)O)N2C1=O. The smallest absolute Gasteiger partial charge is 0.328 e. The summed E-state index contributed by atoms with van der Waals surface area (Å²) in [7, 11) is 1.64. The fraction of sp³-hybridized carbons (Fsp3) is 0.727. The maximum atomic E-state index is 12.3. The molecule has 100 valence electrons. The van der Waals surface area contributed by atoms with E-state index in [-0.39, 0.29) is 18.2 Å². The Balaban J connectivity index is 2.34. The third kappa shape index (κ3) is 2.05. The number of amides is 2. The molecule has 0 bridgehead atoms. The van der Waals surface area contributed by atoms with Crippen LogP contribution < -0.4 is 5.32 Å². The van der Waals surface area contributed by atoms with E-state index in [2.05, 4.69) is 5.32 Å². The van der Waals surface area contributed by atoms with Gasteiger partial charge in [-0.25, -0.2) is 9.80 Å². The highest BCUT2D eigenvalue weighted by Crippen LogP contribution is 2.24. The fourth-order valence-electron chi connectivity index (χ4n) is 2.53. The number of carbonyl (C=O) groups excluding carboxylic acids is 2. The van der Waals surface area contributed by atoms with Crippen LogP contribution in [-0.4, -0.2) is 58.6 Å². The molecular formula is C11H17N3O4. The van der Waals surface area contributed by atoms with Gasteiger partial charge in [0.05, 0.1) is 6.04 Å². The maximum absolute atomic E-state index is 12.3. The minimum Gasteiger partial charge on any atom is -0.480 e. The van der Waals surface area contributed by atoms with Crippen molar-refractivity contribution < 1.29 is 19.5 Å². The zero-order valence-corrected chi connectivity index (χ0v) is 10.3. The van der Waals surface area contributed by atoms with Crippen molar-refractivity contribution in [3.8, 4) is 0 Å². The van der Waals surface area contributed by atoms with Crippen LogP contribution in [0.4, 0.5) is 0 Å². The molecule has 0 aliphatic carbocycles. The number of carboxylic acid groups (broad SMARTS) is 1. The lowest BCUT2D eigenvalue weighted by molar-refractivity contribution is -0.180. The van der Waals surface area contributed by atoms with Crippen LogP contribution in [0.25, 0.3) is 0 Å². The first kappa shape index (κ1) is 12.8. The lowest BCUT2D eigenvalue weighted by Crippen LogP contribution is -2.61. The molecule has 0 aromatic rings. The molecule has 2 N–H and O–H groups in total. The second kappa shape index (κ2) is 4.93. The molecule has 7 nitrogen and oxygen atoms in total. The minimum atomic E-state index is -1.06. The number of hydrogen-bond acceptors (Lipinski definition) is 4. The minimum absolute atomic E-state index is 0.174. The van der Waals surface area contributed by atoms with Crippen molar-refractivity contribution in [2.24, 2.45) is 0 Å². The van der Waals surface area contributed by atoms with Crippen molar-refractivity contribution in [2.45, 2.75) is 37.8 Å². The van der Waals surface area contributed by atoms with Gasteiger partial charge >= 0.3 is 5.97 Å². The number of rotatable bonds is 2. The van der Waals surface area contributed by atoms with E-state index in [4.69, 9.17) is 0 Å². The number of hydrogen-bond donors (Lipinski definition) is 2. The van der Waals surface area contributed by atoms with E-state index >= 15 is 0 Å². The highest BCUT2D eigenvalue weighted by molar-refractivity contribution is 5.91. The number of hydrazine groups is 1. The van der Waals surface area contributed by atoms with Crippen LogP contribution >= 0.6 is 0 Å². The molecule has 2 amide bonds. The average Bonchev–Trinajstić information content (AvgIpc) is 2.48. The second-order valence-electron chi connectivity index (χ2n) is 4.58. The number of likely N-dealkylation sites (N-methyl/N-ethyl adjacent to an activating group) is 1. The highest BCUT2D eigenvalue weighted by Gasteiger charge is 2.43. The van der Waals surface area contributed by atoms with Crippen LogP contribution in [0.2, 0.25) is 0 Å². The lowest BCUT2D eigenvalue weighted by atomic mass is 10.1. The number of carbonyl (C=O) groups is 3. The Morgan fingerprint density at radius 1 is 1.39 bits per heavy atom. The number of carboxylic acids is 1. The van der Waals surface area contributed by atoms with Crippen molar-refractivity contribution in [3.05, 3.63) is 0 Å². The Kier molecular flexibility index (Phi) is 3.51. The first-order valence-electron chi connectivity index (χ1n) is 6.09. The van der Waals surface area contributed by atoms with Gasteiger partial charge in [-0.05, 0) is 26.3 Å². The maximum Gasteiger partial charge on any atom is 0.328 e. The van der Waals surface area contributed by atoms with E-state index in [0.717, 1.165) is 5.01 Å². The summed E-state index contributed by atoms with van der Waals surface area (Å²) in [6, 6.07) is -1.41. The molecule has 2 saturated heterocycles. The van der Waals surface area contributed by atoms with Crippen LogP contribution in [0.15, 0.2) is 0 Å². The van der Waals surface area contributed by atoms with Crippen molar-refractivity contribution in [2.75, 3.05) is 13.6 Å². The molecule has 0 aromatic heterocycles. The fourth-order valence-corrected chi connectivity index (χ4v) is 2.53. The molecule has 2 heterocycles. The summed E-state index contributed by atoms with van der Waals surface area (Å²) in [6.45, 7) is 0.421. The van der Waals surface area contributed by atoms with Crippen molar-refractivity contribution in [1.82, 2.24) is 15.3 Å². The van der Waals surface area contributed by atoms with E-state index < -0.39 is 18.1 Å². The summed E-state index contributed by atoms with van der Waals surface area (Å²) in [4.78, 5) is 35.4. The summed E-state index contributed by atoms with van der Waals surface area (Å²) >= 11 is 0. The van der Waals surface area contributed by atoms with Crippen molar-refractivity contribution in [3.63, 3.8) is 0 Å². The normalized spacial score (nSPS) is 28.9. The summed E-state index contributed by atoms with van der Waals surface area (Å²) in [5.74, 6) is -1.56. The van der Waals surface area contributed by atoms with Crippen LogP contribution in [0, 0.1) is 0 Å². The molecule has 2 aliphatic heterocycles. The predicted molar refractivity (Wildman–Crippen MR) is 61.3 cm³/mol. The molecule has 1 unspecified atom stereocenters. The number of nitrogens with zero attached hydrogens (tertiary/aromatic N) is 2. The molecule has 7 heteroatoms. The van der Waals surface area contributed by atoms with Gasteiger partial charge in [0.15, 0.2) is 6.04 Å². The van der Waals surface area contributed by atoms with Gasteiger partial charge in [-0.15, -0.1) is 0 Å². The third-order valence-electron chi connectivity index (χ3n) is 3.49. The largest absolute Gasteiger partial charge is 0.480 e. The van der Waals surface area contributed by atoms with Crippen LogP contribution in [0.5, 0.6) is 0 Å². The number of fused-ring (bicyclic) bond motifs is 1. The molecule has 0 spiro atoms. The van der Waals surface area contributed by atoms with Gasteiger partial charge in [-0.2, -0.15) is 0 Å². The first-order valence-corrected chi connectivity index (χ1v) is 6.09. The van der Waals surface area contributed by atoms with Gasteiger partial charge in [0, 0.05) is 13.0 Å². The summed E-state index contributed by atoms with van der Waals surface area (Å²) in [5.41, 5.74) is 0. The summed E-state index contributed by atoms with van der Waals surface area (Å²) in [5, 5.41) is 14.5. The first-order chi connectivity index (χ1) is 8.56. The Morgan fingerprint density at radius 3 is 2.72 bits per heavy atom. The second-order valence-corrected chi connectivity index (χ2v) is 4.58. The van der Waals surface area contributed by atoms with Crippen LogP contribution in [-0.2, 0) is 14.4 Å². The molecule has 0 aromatic carbocycles. The summed E-state index contributed by atoms with van der Waals surface area (Å²) < 4.78 is 0. The zero-order valence-electron chi connectivity index (χ0n) is 10.3. The number of aliphatic carboxylic acids is 1. The topological polar surface area (TPSA) is 89.9 Å². The van der Waals surface area contributed by atoms with Gasteiger partial charge < -0.3 is 10.4 Å². The molecular weight excluding hydrogens is 238 g/mol. The Labute approximate surface area is 105 Å². The molecule has 2 atom stereocenters. The highest BCUT2D eigenvalue weighted by atomic mass is 16.4. The molecule has 0 radical (unpaired) electrons. The van der Waals surface area contributed by atoms with E-state index in [1.807, 2.05) is 0 Å². The Bertz CT molecular complexity index is 384. The molecule has 2 fully saturated rings. The van der Waals surface area contributed by atoms with Crippen LogP contribution in [0.1, 0.15) is 25.7 Å². The molecule has 2 aliphatic rings. The van der Waals surface area contributed by atoms with Crippen molar-refractivity contribution in [1.29, 1.82) is 0 Å². The van der Waals surface area contributed by atoms with Gasteiger partial charge in [0.1, 0.15) is 0 Å². The van der Waals surface area contributed by atoms with Crippen LogP contribution in [0.3, 0.4) is 0 Å². The Morgan fingerprint density at radius 2 is 2.11 bits per heavy atom. The monoisotopic (exact) mass is 255 g/mol. The molecule has 18 heavy (non-hydrogen) atoms. The van der Waals surface area contributed by atoms with Gasteiger partial charge in [0.2, 0.25) is 5.91 Å². The Hall–Kier alpha value is -1.63. The lowest BCUT2D eigenvalue weighted by Gasteiger charge is -2.41. The van der Waals surface area contributed by atoms with E-state index in [9.17, 15) is 19.5 Å². The van der Waals surface area contributed by atoms with Gasteiger partial charge in [-0.1, -0.05) is 0 Å². The average molecular weight is 255 g/mol. The summed E-state index contributed by atoms with van der Waals surface area (Å²) in [6.07, 6.45) is 1.67. The van der Waals surface area contributed by atoms with E-state index in [0.29, 0.717) is 25.8 Å². The molecule has 0 saturated carbocycles. The standard InChI is InChI=1S/C11H17N3O4/c1-12-7-4-5-9(15)13-6-2-3-8(11(17)18)14(13)10(7)16/h7-8,12H,2-6H2,1H3,(H,17,18)/t7-,8?/m0/s1. The van der Waals surface area contributed by atoms with E-state index in [1.54, 1.807) is 7.05 Å². The van der Waals surface area contributed by atoms with Crippen molar-refractivity contribution >= 4 is 17.8 Å². The zero-order chi connectivity index (χ0) is 13.3. The van der Waals surface area contributed by atoms with Gasteiger partial charge in [0.25, 0.3) is 5.91 Å². The quantitative estimate of drug-likeness (QED) is 0.673. The third-order valence-corrected chi connectivity index (χ3v) is 3.49. The van der Waals surface area contributed by atoms with E-state index in [1.165, 1.54) is 5.01 Å². The predicted octanol–water partition coefficient (Wildman–Crippen LogP) is -0.813. The van der Waals surface area contributed by atoms with Gasteiger partial charge in [-0.3, -0.25) is 14.6 Å². The molecule has 2 rings (SSSR count). The number of nitrogens with one attached hydrogen (secondary N) is 1.